The van der Waals surface area contributed by atoms with Crippen LogP contribution in [0.2, 0.25) is 0 Å². The van der Waals surface area contributed by atoms with Gasteiger partial charge in [0.05, 0.1) is 7.11 Å². The molecular formula is C8H12FO5. The van der Waals surface area contributed by atoms with Crippen LogP contribution in [-0.4, -0.2) is 45.0 Å². The molecule has 1 rings (SSSR count). The lowest BCUT2D eigenvalue weighted by molar-refractivity contribution is -0.127. The summed E-state index contributed by atoms with van der Waals surface area (Å²) in [4.78, 5) is 10.7. The zero-order chi connectivity index (χ0) is 10.7. The lowest BCUT2D eigenvalue weighted by Crippen LogP contribution is -2.33. The summed E-state index contributed by atoms with van der Waals surface area (Å²) in [6, 6.07) is 0. The quantitative estimate of drug-likeness (QED) is 0.623. The Kier molecular flexibility index (Phi) is 3.65. The Morgan fingerprint density at radius 3 is 2.57 bits per heavy atom. The monoisotopic (exact) mass is 207 g/mol. The molecule has 0 saturated carbocycles. The Labute approximate surface area is 81.1 Å². The van der Waals surface area contributed by atoms with Crippen LogP contribution in [-0.2, 0) is 18.9 Å². The third kappa shape index (κ3) is 2.13. The van der Waals surface area contributed by atoms with E-state index in [0.717, 1.165) is 7.11 Å². The number of alkyl halides is 1. The van der Waals surface area contributed by atoms with Crippen molar-refractivity contribution < 1.29 is 28.1 Å². The molecule has 0 aliphatic carbocycles. The standard InChI is InChI=1S/C8H12FO5/c1-4-6(14-8(10)12-3)5(9)7(11-2)13-4/h4-7H,1H2,2-3H3/t4-,5+,6-,7?/m1/s1. The fourth-order valence-corrected chi connectivity index (χ4v) is 1.17. The Morgan fingerprint density at radius 1 is 1.50 bits per heavy atom. The van der Waals surface area contributed by atoms with Gasteiger partial charge in [0.2, 0.25) is 0 Å². The van der Waals surface area contributed by atoms with Gasteiger partial charge in [-0.15, -0.1) is 0 Å². The first kappa shape index (κ1) is 11.2. The minimum Gasteiger partial charge on any atom is -0.438 e. The van der Waals surface area contributed by atoms with Gasteiger partial charge in [-0.3, -0.25) is 0 Å². The highest BCUT2D eigenvalue weighted by molar-refractivity contribution is 5.60. The lowest BCUT2D eigenvalue weighted by atomic mass is 10.2. The summed E-state index contributed by atoms with van der Waals surface area (Å²) in [6.45, 7) is 3.48. The normalized spacial score (nSPS) is 36.9. The first-order chi connectivity index (χ1) is 6.60. The van der Waals surface area contributed by atoms with Gasteiger partial charge in [0.25, 0.3) is 0 Å². The van der Waals surface area contributed by atoms with Gasteiger partial charge < -0.3 is 18.9 Å². The largest absolute Gasteiger partial charge is 0.508 e. The summed E-state index contributed by atoms with van der Waals surface area (Å²) in [5.74, 6) is 0. The van der Waals surface area contributed by atoms with E-state index in [2.05, 4.69) is 21.1 Å². The Bertz CT molecular complexity index is 210. The Morgan fingerprint density at radius 2 is 2.14 bits per heavy atom. The second-order valence-electron chi connectivity index (χ2n) is 2.76. The van der Waals surface area contributed by atoms with Crippen LogP contribution in [0.15, 0.2) is 0 Å². The second-order valence-corrected chi connectivity index (χ2v) is 2.76. The van der Waals surface area contributed by atoms with E-state index in [0.29, 0.717) is 0 Å². The van der Waals surface area contributed by atoms with Crippen LogP contribution in [0, 0.1) is 6.92 Å². The fourth-order valence-electron chi connectivity index (χ4n) is 1.17. The summed E-state index contributed by atoms with van der Waals surface area (Å²) in [5.41, 5.74) is 0. The highest BCUT2D eigenvalue weighted by atomic mass is 19.1. The predicted molar refractivity (Wildman–Crippen MR) is 43.2 cm³/mol. The molecule has 1 saturated heterocycles. The third-order valence-electron chi connectivity index (χ3n) is 1.88. The van der Waals surface area contributed by atoms with Gasteiger partial charge in [-0.05, 0) is 6.92 Å². The van der Waals surface area contributed by atoms with Crippen molar-refractivity contribution in [2.75, 3.05) is 14.2 Å². The molecule has 1 fully saturated rings. The minimum atomic E-state index is -1.55. The van der Waals surface area contributed by atoms with Crippen molar-refractivity contribution in [2.24, 2.45) is 0 Å². The SMILES string of the molecule is [CH2][C@H]1OC(OC)[C@@H](F)[C@@H]1OC(=O)OC. The summed E-state index contributed by atoms with van der Waals surface area (Å²) < 4.78 is 31.8. The third-order valence-corrected chi connectivity index (χ3v) is 1.88. The number of halogens is 1. The molecule has 0 amide bonds. The maximum absolute atomic E-state index is 13.4. The molecule has 14 heavy (non-hydrogen) atoms. The fraction of sp³-hybridized carbons (Fsp3) is 0.750. The van der Waals surface area contributed by atoms with Gasteiger partial charge in [-0.2, -0.15) is 0 Å². The van der Waals surface area contributed by atoms with Crippen LogP contribution in [0.25, 0.3) is 0 Å². The molecule has 0 aromatic heterocycles. The molecular weight excluding hydrogens is 195 g/mol. The molecule has 1 heterocycles. The van der Waals surface area contributed by atoms with E-state index in [-0.39, 0.29) is 0 Å². The minimum absolute atomic E-state index is 0.797. The number of hydrogen-bond donors (Lipinski definition) is 0. The first-order valence-corrected chi connectivity index (χ1v) is 4.00. The van der Waals surface area contributed by atoms with Crippen LogP contribution in [0.5, 0.6) is 0 Å². The van der Waals surface area contributed by atoms with Crippen LogP contribution >= 0.6 is 0 Å². The highest BCUT2D eigenvalue weighted by Crippen LogP contribution is 2.26. The van der Waals surface area contributed by atoms with Gasteiger partial charge in [0.15, 0.2) is 18.6 Å². The molecule has 4 atom stereocenters. The predicted octanol–water partition coefficient (Wildman–Crippen LogP) is 0.681. The number of methoxy groups -OCH3 is 2. The topological polar surface area (TPSA) is 54.0 Å². The molecule has 6 heteroatoms. The maximum Gasteiger partial charge on any atom is 0.508 e. The van der Waals surface area contributed by atoms with Crippen LogP contribution in [0.1, 0.15) is 0 Å². The smallest absolute Gasteiger partial charge is 0.438 e. The maximum atomic E-state index is 13.4. The molecule has 0 aromatic rings. The van der Waals surface area contributed by atoms with Crippen molar-refractivity contribution >= 4 is 6.16 Å². The number of ether oxygens (including phenoxy) is 4. The molecule has 81 valence electrons. The molecule has 1 aliphatic heterocycles. The molecule has 1 aliphatic rings. The second kappa shape index (κ2) is 4.56. The highest BCUT2D eigenvalue weighted by Gasteiger charge is 2.46. The van der Waals surface area contributed by atoms with Crippen molar-refractivity contribution in [1.29, 1.82) is 0 Å². The molecule has 5 nitrogen and oxygen atoms in total. The van der Waals surface area contributed by atoms with Crippen molar-refractivity contribution in [3.8, 4) is 0 Å². The Hall–Kier alpha value is -0.880. The number of carbonyl (C=O) groups is 1. The molecule has 0 aromatic carbocycles. The van der Waals surface area contributed by atoms with Crippen molar-refractivity contribution in [3.05, 3.63) is 6.92 Å². The lowest BCUT2D eigenvalue weighted by Gasteiger charge is -2.15. The Balaban J connectivity index is 2.56. The van der Waals surface area contributed by atoms with E-state index in [1.165, 1.54) is 7.11 Å². The summed E-state index contributed by atoms with van der Waals surface area (Å²) in [5, 5.41) is 0. The van der Waals surface area contributed by atoms with E-state index in [9.17, 15) is 9.18 Å². The van der Waals surface area contributed by atoms with Gasteiger partial charge >= 0.3 is 6.16 Å². The molecule has 0 spiro atoms. The molecule has 1 radical (unpaired) electrons. The summed E-state index contributed by atoms with van der Waals surface area (Å²) in [6.07, 6.45) is -5.46. The average molecular weight is 207 g/mol. The number of carbonyl (C=O) groups excluding carboxylic acids is 1. The van der Waals surface area contributed by atoms with Gasteiger partial charge in [-0.25, -0.2) is 9.18 Å². The summed E-state index contributed by atoms with van der Waals surface area (Å²) in [7, 11) is 2.43. The average Bonchev–Trinajstić information content (AvgIpc) is 2.44. The van der Waals surface area contributed by atoms with E-state index < -0.39 is 30.8 Å². The van der Waals surface area contributed by atoms with Gasteiger partial charge in [0.1, 0.15) is 6.10 Å². The van der Waals surface area contributed by atoms with Crippen molar-refractivity contribution in [1.82, 2.24) is 0 Å². The van der Waals surface area contributed by atoms with Crippen molar-refractivity contribution in [3.63, 3.8) is 0 Å². The van der Waals surface area contributed by atoms with Crippen LogP contribution < -0.4 is 0 Å². The zero-order valence-corrected chi connectivity index (χ0v) is 7.94. The van der Waals surface area contributed by atoms with Gasteiger partial charge in [-0.1, -0.05) is 0 Å². The molecule has 0 bridgehead atoms. The van der Waals surface area contributed by atoms with E-state index in [1.54, 1.807) is 0 Å². The van der Waals surface area contributed by atoms with E-state index >= 15 is 0 Å². The molecule has 0 N–H and O–H groups in total. The first-order valence-electron chi connectivity index (χ1n) is 4.00. The van der Waals surface area contributed by atoms with Gasteiger partial charge in [0, 0.05) is 7.11 Å². The zero-order valence-electron chi connectivity index (χ0n) is 7.94. The summed E-state index contributed by atoms with van der Waals surface area (Å²) >= 11 is 0. The van der Waals surface area contributed by atoms with Crippen LogP contribution in [0.3, 0.4) is 0 Å². The van der Waals surface area contributed by atoms with Crippen LogP contribution in [0.4, 0.5) is 9.18 Å². The van der Waals surface area contributed by atoms with E-state index in [1.807, 2.05) is 0 Å². The van der Waals surface area contributed by atoms with Crippen molar-refractivity contribution in [2.45, 2.75) is 24.7 Å². The molecule has 1 unspecified atom stereocenters. The number of hydrogen-bond acceptors (Lipinski definition) is 5. The van der Waals surface area contributed by atoms with E-state index in [4.69, 9.17) is 4.74 Å². The number of rotatable bonds is 2.